The summed E-state index contributed by atoms with van der Waals surface area (Å²) in [5, 5.41) is 6.82. The first-order chi connectivity index (χ1) is 13.7. The van der Waals surface area contributed by atoms with Crippen LogP contribution in [-0.4, -0.2) is 34.0 Å². The maximum Gasteiger partial charge on any atom is 0.257 e. The number of benzene rings is 2. The van der Waals surface area contributed by atoms with Crippen LogP contribution in [0.2, 0.25) is 0 Å². The third-order valence-corrected chi connectivity index (χ3v) is 5.07. The standard InChI is InChI=1S/C22H24N4O2/c1-16-24-22(28-25-16)18-10-8-17(9-11-18)21(27)23-14-19-6-2-3-7-20(19)15-26-12-4-5-13-26/h2-3,6-11H,4-5,12-15H2,1H3,(H,23,27). The Kier molecular flexibility index (Phi) is 5.48. The Bertz CT molecular complexity index is 943. The van der Waals surface area contributed by atoms with Gasteiger partial charge in [0.15, 0.2) is 5.82 Å². The van der Waals surface area contributed by atoms with Crippen LogP contribution < -0.4 is 5.32 Å². The zero-order chi connectivity index (χ0) is 19.3. The summed E-state index contributed by atoms with van der Waals surface area (Å²) in [6, 6.07) is 15.5. The fourth-order valence-corrected chi connectivity index (χ4v) is 3.52. The molecule has 0 saturated carbocycles. The van der Waals surface area contributed by atoms with Gasteiger partial charge in [0.2, 0.25) is 0 Å². The molecule has 1 saturated heterocycles. The monoisotopic (exact) mass is 376 g/mol. The van der Waals surface area contributed by atoms with Gasteiger partial charge >= 0.3 is 0 Å². The van der Waals surface area contributed by atoms with Crippen LogP contribution in [0.3, 0.4) is 0 Å². The molecule has 0 atom stereocenters. The maximum atomic E-state index is 12.6. The number of hydrogen-bond acceptors (Lipinski definition) is 5. The molecular formula is C22H24N4O2. The van der Waals surface area contributed by atoms with Crippen LogP contribution in [0.1, 0.15) is 40.2 Å². The number of rotatable bonds is 6. The Morgan fingerprint density at radius 1 is 1.07 bits per heavy atom. The Balaban J connectivity index is 1.39. The van der Waals surface area contributed by atoms with Crippen LogP contribution in [-0.2, 0) is 13.1 Å². The highest BCUT2D eigenvalue weighted by atomic mass is 16.5. The lowest BCUT2D eigenvalue weighted by Crippen LogP contribution is -2.25. The van der Waals surface area contributed by atoms with E-state index in [0.717, 1.165) is 25.2 Å². The molecule has 4 rings (SSSR count). The molecule has 0 unspecified atom stereocenters. The first-order valence-corrected chi connectivity index (χ1v) is 9.67. The van der Waals surface area contributed by atoms with E-state index in [9.17, 15) is 4.79 Å². The van der Waals surface area contributed by atoms with Gasteiger partial charge in [0, 0.05) is 24.2 Å². The van der Waals surface area contributed by atoms with Gasteiger partial charge in [0.25, 0.3) is 11.8 Å². The van der Waals surface area contributed by atoms with E-state index in [1.54, 1.807) is 19.1 Å². The molecule has 6 nitrogen and oxygen atoms in total. The highest BCUT2D eigenvalue weighted by Gasteiger charge is 2.14. The molecule has 0 bridgehead atoms. The molecule has 2 heterocycles. The van der Waals surface area contributed by atoms with Gasteiger partial charge in [-0.15, -0.1) is 0 Å². The van der Waals surface area contributed by atoms with E-state index in [0.29, 0.717) is 23.8 Å². The molecule has 0 aliphatic carbocycles. The minimum atomic E-state index is -0.0933. The number of carbonyl (C=O) groups is 1. The predicted octanol–water partition coefficient (Wildman–Crippen LogP) is 3.57. The highest BCUT2D eigenvalue weighted by molar-refractivity contribution is 5.94. The van der Waals surface area contributed by atoms with Crippen LogP contribution in [0, 0.1) is 6.92 Å². The van der Waals surface area contributed by atoms with Crippen molar-refractivity contribution in [1.29, 1.82) is 0 Å². The fourth-order valence-electron chi connectivity index (χ4n) is 3.52. The maximum absolute atomic E-state index is 12.6. The molecule has 144 valence electrons. The summed E-state index contributed by atoms with van der Waals surface area (Å²) < 4.78 is 5.16. The summed E-state index contributed by atoms with van der Waals surface area (Å²) in [6.45, 7) is 5.56. The normalized spacial score (nSPS) is 14.3. The fraction of sp³-hybridized carbons (Fsp3) is 0.318. The van der Waals surface area contributed by atoms with Gasteiger partial charge in [-0.3, -0.25) is 9.69 Å². The number of nitrogens with one attached hydrogen (secondary N) is 1. The van der Waals surface area contributed by atoms with Crippen molar-refractivity contribution in [2.75, 3.05) is 13.1 Å². The topological polar surface area (TPSA) is 71.3 Å². The molecule has 1 aromatic heterocycles. The first-order valence-electron chi connectivity index (χ1n) is 9.67. The van der Waals surface area contributed by atoms with Crippen LogP contribution in [0.15, 0.2) is 53.1 Å². The SMILES string of the molecule is Cc1noc(-c2ccc(C(=O)NCc3ccccc3CN3CCCC3)cc2)n1. The average Bonchev–Trinajstić information content (AvgIpc) is 3.39. The number of hydrogen-bond donors (Lipinski definition) is 1. The van der Waals surface area contributed by atoms with E-state index in [4.69, 9.17) is 4.52 Å². The van der Waals surface area contributed by atoms with Gasteiger partial charge in [-0.05, 0) is 68.2 Å². The second kappa shape index (κ2) is 8.35. The second-order valence-electron chi connectivity index (χ2n) is 7.16. The van der Waals surface area contributed by atoms with E-state index < -0.39 is 0 Å². The van der Waals surface area contributed by atoms with Crippen molar-refractivity contribution in [3.63, 3.8) is 0 Å². The molecule has 1 fully saturated rings. The van der Waals surface area contributed by atoms with Crippen LogP contribution in [0.25, 0.3) is 11.5 Å². The Labute approximate surface area is 164 Å². The Morgan fingerprint density at radius 2 is 1.79 bits per heavy atom. The van der Waals surface area contributed by atoms with E-state index >= 15 is 0 Å². The molecule has 1 aliphatic rings. The van der Waals surface area contributed by atoms with Crippen molar-refractivity contribution in [2.45, 2.75) is 32.9 Å². The van der Waals surface area contributed by atoms with Gasteiger partial charge in [-0.2, -0.15) is 4.98 Å². The van der Waals surface area contributed by atoms with Crippen LogP contribution >= 0.6 is 0 Å². The molecule has 2 aromatic carbocycles. The van der Waals surface area contributed by atoms with Crippen molar-refractivity contribution in [3.8, 4) is 11.5 Å². The Hall–Kier alpha value is -2.99. The number of nitrogens with zero attached hydrogens (tertiary/aromatic N) is 3. The highest BCUT2D eigenvalue weighted by Crippen LogP contribution is 2.18. The minimum absolute atomic E-state index is 0.0933. The summed E-state index contributed by atoms with van der Waals surface area (Å²) in [5.74, 6) is 0.953. The van der Waals surface area contributed by atoms with E-state index in [2.05, 4.69) is 38.6 Å². The molecule has 1 amide bonds. The number of aromatic nitrogens is 2. The van der Waals surface area contributed by atoms with Crippen molar-refractivity contribution in [1.82, 2.24) is 20.4 Å². The lowest BCUT2D eigenvalue weighted by atomic mass is 10.1. The van der Waals surface area contributed by atoms with Crippen molar-refractivity contribution < 1.29 is 9.32 Å². The second-order valence-corrected chi connectivity index (χ2v) is 7.16. The first kappa shape index (κ1) is 18.4. The third-order valence-electron chi connectivity index (χ3n) is 5.07. The molecule has 28 heavy (non-hydrogen) atoms. The predicted molar refractivity (Wildman–Crippen MR) is 107 cm³/mol. The van der Waals surface area contributed by atoms with Crippen molar-refractivity contribution in [3.05, 3.63) is 71.0 Å². The summed E-state index contributed by atoms with van der Waals surface area (Å²) >= 11 is 0. The quantitative estimate of drug-likeness (QED) is 0.712. The van der Waals surface area contributed by atoms with Gasteiger partial charge in [-0.25, -0.2) is 0 Å². The molecule has 0 spiro atoms. The number of amides is 1. The molecule has 1 N–H and O–H groups in total. The van der Waals surface area contributed by atoms with Crippen LogP contribution in [0.4, 0.5) is 0 Å². The zero-order valence-electron chi connectivity index (χ0n) is 16.0. The average molecular weight is 376 g/mol. The van der Waals surface area contributed by atoms with Gasteiger partial charge in [0.05, 0.1) is 0 Å². The van der Waals surface area contributed by atoms with E-state index in [1.807, 2.05) is 18.2 Å². The molecule has 1 aliphatic heterocycles. The van der Waals surface area contributed by atoms with Crippen LogP contribution in [0.5, 0.6) is 0 Å². The Morgan fingerprint density at radius 3 is 2.46 bits per heavy atom. The molecule has 0 radical (unpaired) electrons. The lowest BCUT2D eigenvalue weighted by molar-refractivity contribution is 0.0950. The zero-order valence-corrected chi connectivity index (χ0v) is 16.0. The summed E-state index contributed by atoms with van der Waals surface area (Å²) in [6.07, 6.45) is 2.55. The van der Waals surface area contributed by atoms with Gasteiger partial charge < -0.3 is 9.84 Å². The molecule has 3 aromatic rings. The van der Waals surface area contributed by atoms with Gasteiger partial charge in [0.1, 0.15) is 0 Å². The van der Waals surface area contributed by atoms with Gasteiger partial charge in [-0.1, -0.05) is 29.4 Å². The van der Waals surface area contributed by atoms with E-state index in [1.165, 1.54) is 24.0 Å². The van der Waals surface area contributed by atoms with E-state index in [-0.39, 0.29) is 5.91 Å². The molecule has 6 heteroatoms. The largest absolute Gasteiger partial charge is 0.348 e. The van der Waals surface area contributed by atoms with Crippen molar-refractivity contribution in [2.24, 2.45) is 0 Å². The number of carbonyl (C=O) groups excluding carboxylic acids is 1. The third kappa shape index (κ3) is 4.28. The minimum Gasteiger partial charge on any atom is -0.348 e. The number of aryl methyl sites for hydroxylation is 1. The smallest absolute Gasteiger partial charge is 0.257 e. The lowest BCUT2D eigenvalue weighted by Gasteiger charge is -2.17. The molecular weight excluding hydrogens is 352 g/mol. The number of likely N-dealkylation sites (tertiary alicyclic amines) is 1. The summed E-state index contributed by atoms with van der Waals surface area (Å²) in [5.41, 5.74) is 3.86. The summed E-state index contributed by atoms with van der Waals surface area (Å²) in [7, 11) is 0. The van der Waals surface area contributed by atoms with Crippen molar-refractivity contribution >= 4 is 5.91 Å². The summed E-state index contributed by atoms with van der Waals surface area (Å²) in [4.78, 5) is 19.2.